The molecule has 0 atom stereocenters. The first-order chi connectivity index (χ1) is 12.7. The Labute approximate surface area is 152 Å². The molecule has 0 aliphatic rings. The molecule has 0 aliphatic carbocycles. The summed E-state index contributed by atoms with van der Waals surface area (Å²) < 4.78 is 16.2. The summed E-state index contributed by atoms with van der Waals surface area (Å²) in [5.74, 6) is 2.27. The van der Waals surface area contributed by atoms with E-state index in [1.165, 1.54) is 0 Å². The number of amides is 1. The smallest absolute Gasteiger partial charge is 0.238 e. The summed E-state index contributed by atoms with van der Waals surface area (Å²) in [6.07, 6.45) is 3.25. The van der Waals surface area contributed by atoms with E-state index < -0.39 is 0 Å². The van der Waals surface area contributed by atoms with Gasteiger partial charge in [0, 0.05) is 5.69 Å². The predicted molar refractivity (Wildman–Crippen MR) is 97.8 cm³/mol. The maximum absolute atomic E-state index is 12.4. The first-order valence-corrected chi connectivity index (χ1v) is 8.53. The highest BCUT2D eigenvalue weighted by Crippen LogP contribution is 2.16. The van der Waals surface area contributed by atoms with Crippen molar-refractivity contribution in [2.24, 2.45) is 0 Å². The molecule has 3 aromatic rings. The normalized spacial score (nSPS) is 10.8. The molecule has 6 nitrogen and oxygen atoms in total. The topological polar surface area (TPSA) is 67.8 Å². The van der Waals surface area contributed by atoms with Gasteiger partial charge in [-0.1, -0.05) is 0 Å². The number of nitrogens with one attached hydrogen (secondary N) is 1. The molecule has 0 saturated carbocycles. The van der Waals surface area contributed by atoms with Crippen molar-refractivity contribution in [2.75, 3.05) is 18.5 Å². The zero-order chi connectivity index (χ0) is 18.2. The Kier molecular flexibility index (Phi) is 6.11. The van der Waals surface area contributed by atoms with Gasteiger partial charge in [0.15, 0.2) is 0 Å². The minimum atomic E-state index is -0.104. The SMILES string of the molecule is CCOc1ccc(NC(=O)CN(Cc2ccco2)Cc2ccco2)cc1. The first kappa shape index (κ1) is 17.8. The highest BCUT2D eigenvalue weighted by molar-refractivity contribution is 5.92. The molecule has 2 heterocycles. The number of furan rings is 2. The fourth-order valence-corrected chi connectivity index (χ4v) is 2.62. The monoisotopic (exact) mass is 354 g/mol. The summed E-state index contributed by atoms with van der Waals surface area (Å²) >= 11 is 0. The van der Waals surface area contributed by atoms with E-state index in [-0.39, 0.29) is 12.5 Å². The van der Waals surface area contributed by atoms with E-state index in [1.807, 2.05) is 60.4 Å². The van der Waals surface area contributed by atoms with Crippen LogP contribution >= 0.6 is 0 Å². The molecule has 0 saturated heterocycles. The average Bonchev–Trinajstić information content (AvgIpc) is 3.31. The third-order valence-electron chi connectivity index (χ3n) is 3.74. The molecule has 6 heteroatoms. The standard InChI is InChI=1S/C20H22N2O4/c1-2-24-17-9-7-16(8-10-17)21-20(23)15-22(13-18-5-3-11-25-18)14-19-6-4-12-26-19/h3-12H,2,13-15H2,1H3,(H,21,23). The lowest BCUT2D eigenvalue weighted by Gasteiger charge is -2.19. The molecular formula is C20H22N2O4. The maximum atomic E-state index is 12.4. The van der Waals surface area contributed by atoms with E-state index in [0.29, 0.717) is 19.7 Å². The van der Waals surface area contributed by atoms with Gasteiger partial charge in [-0.15, -0.1) is 0 Å². The summed E-state index contributed by atoms with van der Waals surface area (Å²) in [5, 5.41) is 2.90. The van der Waals surface area contributed by atoms with Crippen LogP contribution in [0.3, 0.4) is 0 Å². The van der Waals surface area contributed by atoms with Crippen molar-refractivity contribution in [3.05, 3.63) is 72.6 Å². The molecule has 0 aliphatic heterocycles. The summed E-state index contributed by atoms with van der Waals surface area (Å²) in [7, 11) is 0. The van der Waals surface area contributed by atoms with E-state index in [4.69, 9.17) is 13.6 Å². The van der Waals surface area contributed by atoms with Crippen LogP contribution in [0.1, 0.15) is 18.4 Å². The Bertz CT molecular complexity index is 744. The van der Waals surface area contributed by atoms with Crippen molar-refractivity contribution in [3.8, 4) is 5.75 Å². The highest BCUT2D eigenvalue weighted by Gasteiger charge is 2.15. The number of rotatable bonds is 9. The lowest BCUT2D eigenvalue weighted by Crippen LogP contribution is -2.32. The Morgan fingerprint density at radius 2 is 1.62 bits per heavy atom. The molecule has 136 valence electrons. The molecule has 1 aromatic carbocycles. The predicted octanol–water partition coefficient (Wildman–Crippen LogP) is 3.91. The quantitative estimate of drug-likeness (QED) is 0.631. The van der Waals surface area contributed by atoms with Gasteiger partial charge < -0.3 is 18.9 Å². The molecular weight excluding hydrogens is 332 g/mol. The van der Waals surface area contributed by atoms with E-state index in [1.54, 1.807) is 12.5 Å². The number of hydrogen-bond donors (Lipinski definition) is 1. The lowest BCUT2D eigenvalue weighted by molar-refractivity contribution is -0.117. The minimum absolute atomic E-state index is 0.104. The van der Waals surface area contributed by atoms with Crippen molar-refractivity contribution in [1.82, 2.24) is 4.90 Å². The fourth-order valence-electron chi connectivity index (χ4n) is 2.62. The second-order valence-corrected chi connectivity index (χ2v) is 5.81. The highest BCUT2D eigenvalue weighted by atomic mass is 16.5. The molecule has 0 spiro atoms. The zero-order valence-electron chi connectivity index (χ0n) is 14.7. The number of anilines is 1. The average molecular weight is 354 g/mol. The summed E-state index contributed by atoms with van der Waals surface area (Å²) in [6, 6.07) is 14.8. The van der Waals surface area contributed by atoms with Crippen molar-refractivity contribution in [3.63, 3.8) is 0 Å². The van der Waals surface area contributed by atoms with E-state index in [9.17, 15) is 4.79 Å². The first-order valence-electron chi connectivity index (χ1n) is 8.53. The largest absolute Gasteiger partial charge is 0.494 e. The summed E-state index contributed by atoms with van der Waals surface area (Å²) in [4.78, 5) is 14.4. The van der Waals surface area contributed by atoms with Crippen LogP contribution in [0.5, 0.6) is 5.75 Å². The van der Waals surface area contributed by atoms with Gasteiger partial charge >= 0.3 is 0 Å². The van der Waals surface area contributed by atoms with Crippen LogP contribution in [0.25, 0.3) is 0 Å². The van der Waals surface area contributed by atoms with Gasteiger partial charge in [-0.3, -0.25) is 9.69 Å². The number of carbonyl (C=O) groups is 1. The van der Waals surface area contributed by atoms with Gasteiger partial charge in [-0.2, -0.15) is 0 Å². The number of nitrogens with zero attached hydrogens (tertiary/aromatic N) is 1. The van der Waals surface area contributed by atoms with Gasteiger partial charge in [-0.25, -0.2) is 0 Å². The molecule has 0 bridgehead atoms. The Morgan fingerprint density at radius 1 is 1.00 bits per heavy atom. The third kappa shape index (κ3) is 5.26. The third-order valence-corrected chi connectivity index (χ3v) is 3.74. The number of carbonyl (C=O) groups excluding carboxylic acids is 1. The Balaban J connectivity index is 1.60. The molecule has 2 aromatic heterocycles. The lowest BCUT2D eigenvalue weighted by atomic mass is 10.3. The van der Waals surface area contributed by atoms with Crippen LogP contribution in [-0.4, -0.2) is 24.0 Å². The van der Waals surface area contributed by atoms with Crippen molar-refractivity contribution < 1.29 is 18.4 Å². The summed E-state index contributed by atoms with van der Waals surface area (Å²) in [6.45, 7) is 3.80. The molecule has 3 rings (SSSR count). The number of hydrogen-bond acceptors (Lipinski definition) is 5. The van der Waals surface area contributed by atoms with Gasteiger partial charge in [0.2, 0.25) is 5.91 Å². The van der Waals surface area contributed by atoms with E-state index in [0.717, 1.165) is 23.0 Å². The van der Waals surface area contributed by atoms with Crippen LogP contribution < -0.4 is 10.1 Å². The molecule has 0 unspecified atom stereocenters. The Morgan fingerprint density at radius 3 is 2.12 bits per heavy atom. The van der Waals surface area contributed by atoms with Crippen molar-refractivity contribution in [1.29, 1.82) is 0 Å². The molecule has 0 fully saturated rings. The molecule has 26 heavy (non-hydrogen) atoms. The van der Waals surface area contributed by atoms with E-state index in [2.05, 4.69) is 5.32 Å². The maximum Gasteiger partial charge on any atom is 0.238 e. The van der Waals surface area contributed by atoms with Gasteiger partial charge in [0.1, 0.15) is 17.3 Å². The zero-order valence-corrected chi connectivity index (χ0v) is 14.7. The van der Waals surface area contributed by atoms with Gasteiger partial charge in [0.25, 0.3) is 0 Å². The number of benzene rings is 1. The summed E-state index contributed by atoms with van der Waals surface area (Å²) in [5.41, 5.74) is 0.731. The Hall–Kier alpha value is -2.99. The van der Waals surface area contributed by atoms with Crippen LogP contribution in [0, 0.1) is 0 Å². The van der Waals surface area contributed by atoms with Crippen LogP contribution in [0.15, 0.2) is 69.9 Å². The molecule has 0 radical (unpaired) electrons. The fraction of sp³-hybridized carbons (Fsp3) is 0.250. The van der Waals surface area contributed by atoms with E-state index >= 15 is 0 Å². The number of ether oxygens (including phenoxy) is 1. The second kappa shape index (κ2) is 8.92. The van der Waals surface area contributed by atoms with Crippen molar-refractivity contribution >= 4 is 11.6 Å². The van der Waals surface area contributed by atoms with Gasteiger partial charge in [-0.05, 0) is 55.5 Å². The van der Waals surface area contributed by atoms with Crippen LogP contribution in [0.2, 0.25) is 0 Å². The minimum Gasteiger partial charge on any atom is -0.494 e. The van der Waals surface area contributed by atoms with Crippen LogP contribution in [-0.2, 0) is 17.9 Å². The molecule has 1 N–H and O–H groups in total. The van der Waals surface area contributed by atoms with Crippen LogP contribution in [0.4, 0.5) is 5.69 Å². The molecule has 1 amide bonds. The second-order valence-electron chi connectivity index (χ2n) is 5.81. The van der Waals surface area contributed by atoms with Crippen molar-refractivity contribution in [2.45, 2.75) is 20.0 Å². The van der Waals surface area contributed by atoms with Gasteiger partial charge in [0.05, 0.1) is 38.8 Å².